The number of para-hydroxylation sites is 1. The first kappa shape index (κ1) is 30.1. The minimum Gasteiger partial charge on any atom is -0.456 e. The van der Waals surface area contributed by atoms with Gasteiger partial charge in [0.25, 0.3) is 5.56 Å². The molecule has 4 rings (SSSR count). The maximum Gasteiger partial charge on any atom is 0.459 e. The van der Waals surface area contributed by atoms with Crippen LogP contribution in [-0.4, -0.2) is 65.5 Å². The lowest BCUT2D eigenvalue weighted by atomic mass is 9.98. The molecule has 0 bridgehead atoms. The molecular formula is C25H33FN3O10P. The summed E-state index contributed by atoms with van der Waals surface area (Å²) < 4.78 is 64.9. The number of benzene rings is 1. The number of aromatic nitrogens is 2. The summed E-state index contributed by atoms with van der Waals surface area (Å²) in [6.45, 7) is 4.64. The number of esters is 1. The van der Waals surface area contributed by atoms with Gasteiger partial charge in [0.05, 0.1) is 25.9 Å². The number of nitrogens with zero attached hydrogens (tertiary/aromatic N) is 1. The van der Waals surface area contributed by atoms with Crippen LogP contribution in [-0.2, 0) is 32.8 Å². The number of rotatable bonds is 12. The largest absolute Gasteiger partial charge is 0.459 e. The second-order valence-electron chi connectivity index (χ2n) is 9.41. The molecule has 0 aliphatic carbocycles. The highest BCUT2D eigenvalue weighted by molar-refractivity contribution is 7.52. The van der Waals surface area contributed by atoms with E-state index in [9.17, 15) is 18.9 Å². The second kappa shape index (κ2) is 12.8. The van der Waals surface area contributed by atoms with Gasteiger partial charge in [-0.2, -0.15) is 0 Å². The van der Waals surface area contributed by atoms with Gasteiger partial charge in [-0.15, -0.1) is 0 Å². The van der Waals surface area contributed by atoms with Gasteiger partial charge in [0.2, 0.25) is 0 Å². The fourth-order valence-electron chi connectivity index (χ4n) is 4.40. The van der Waals surface area contributed by atoms with Crippen molar-refractivity contribution in [2.45, 2.75) is 70.0 Å². The molecule has 2 aliphatic heterocycles. The summed E-state index contributed by atoms with van der Waals surface area (Å²) in [5.74, 6) is -0.490. The Kier molecular flexibility index (Phi) is 9.60. The molecule has 2 saturated heterocycles. The third-order valence-corrected chi connectivity index (χ3v) is 8.04. The van der Waals surface area contributed by atoms with Crippen LogP contribution in [0.2, 0.25) is 0 Å². The van der Waals surface area contributed by atoms with Gasteiger partial charge in [-0.1, -0.05) is 32.0 Å². The van der Waals surface area contributed by atoms with E-state index in [1.54, 1.807) is 30.3 Å². The van der Waals surface area contributed by atoms with Crippen LogP contribution in [0.5, 0.6) is 5.75 Å². The van der Waals surface area contributed by atoms with Crippen molar-refractivity contribution in [1.29, 1.82) is 0 Å². The predicted molar refractivity (Wildman–Crippen MR) is 138 cm³/mol. The van der Waals surface area contributed by atoms with E-state index in [4.69, 9.17) is 28.0 Å². The first-order chi connectivity index (χ1) is 19.1. The van der Waals surface area contributed by atoms with Gasteiger partial charge in [-0.3, -0.25) is 23.7 Å². The van der Waals surface area contributed by atoms with Crippen molar-refractivity contribution in [2.75, 3.05) is 19.8 Å². The summed E-state index contributed by atoms with van der Waals surface area (Å²) in [6, 6.07) is 8.72. The number of H-pyrrole nitrogens is 1. The molecule has 2 aromatic rings. The molecule has 15 heteroatoms. The molecule has 2 unspecified atom stereocenters. The van der Waals surface area contributed by atoms with E-state index in [2.05, 4.69) is 5.09 Å². The molecular weight excluding hydrogens is 552 g/mol. The molecule has 1 aromatic heterocycles. The van der Waals surface area contributed by atoms with Crippen LogP contribution in [0.25, 0.3) is 0 Å². The molecule has 2 aliphatic rings. The van der Waals surface area contributed by atoms with Crippen molar-refractivity contribution in [2.24, 2.45) is 0 Å². The number of aromatic amines is 1. The Morgan fingerprint density at radius 2 is 1.93 bits per heavy atom. The number of hydrogen-bond acceptors (Lipinski definition) is 10. The van der Waals surface area contributed by atoms with Gasteiger partial charge in [0, 0.05) is 18.7 Å². The first-order valence-electron chi connectivity index (χ1n) is 12.9. The van der Waals surface area contributed by atoms with Crippen LogP contribution in [0.3, 0.4) is 0 Å². The Hall–Kier alpha value is -2.87. The average molecular weight is 586 g/mol. The SMILES string of the molecule is CCC(=O)O[C@@H]1[C@@H](COP(=O)(NC(CC)C2OCCO2)Oc2ccccc2)O[C@@H](n2ccc(=O)[nH]c2=O)[C@]1(C)F. The van der Waals surface area contributed by atoms with E-state index < -0.39 is 68.0 Å². The van der Waals surface area contributed by atoms with E-state index in [0.717, 1.165) is 23.8 Å². The van der Waals surface area contributed by atoms with Crippen LogP contribution in [0.1, 0.15) is 39.8 Å². The third-order valence-electron chi connectivity index (χ3n) is 6.45. The van der Waals surface area contributed by atoms with E-state index in [1.807, 2.05) is 11.9 Å². The maximum atomic E-state index is 16.2. The van der Waals surface area contributed by atoms with Gasteiger partial charge in [-0.25, -0.2) is 18.8 Å². The summed E-state index contributed by atoms with van der Waals surface area (Å²) in [5.41, 5.74) is -4.05. The summed E-state index contributed by atoms with van der Waals surface area (Å²) >= 11 is 0. The summed E-state index contributed by atoms with van der Waals surface area (Å²) in [5, 5.41) is 2.85. The molecule has 0 radical (unpaired) electrons. The number of halogens is 1. The number of ether oxygens (including phenoxy) is 4. The summed E-state index contributed by atoms with van der Waals surface area (Å²) in [6.07, 6.45) is -3.73. The monoisotopic (exact) mass is 585 g/mol. The zero-order chi connectivity index (χ0) is 28.9. The minimum absolute atomic E-state index is 0.0554. The van der Waals surface area contributed by atoms with E-state index in [0.29, 0.717) is 19.6 Å². The van der Waals surface area contributed by atoms with Crippen LogP contribution >= 0.6 is 7.75 Å². The Bertz CT molecular complexity index is 1310. The fraction of sp³-hybridized carbons (Fsp3) is 0.560. The number of alkyl halides is 1. The van der Waals surface area contributed by atoms with Crippen LogP contribution in [0.15, 0.2) is 52.2 Å². The zero-order valence-corrected chi connectivity index (χ0v) is 23.2. The van der Waals surface area contributed by atoms with Gasteiger partial charge in [0.1, 0.15) is 11.9 Å². The molecule has 0 spiro atoms. The quantitative estimate of drug-likeness (QED) is 0.279. The van der Waals surface area contributed by atoms with Gasteiger partial charge in [0.15, 0.2) is 24.3 Å². The molecule has 3 heterocycles. The Morgan fingerprint density at radius 3 is 2.55 bits per heavy atom. The highest BCUT2D eigenvalue weighted by atomic mass is 31.2. The normalized spacial score (nSPS) is 27.2. The van der Waals surface area contributed by atoms with Crippen molar-refractivity contribution in [3.05, 3.63) is 63.4 Å². The van der Waals surface area contributed by atoms with Gasteiger partial charge < -0.3 is 23.5 Å². The molecule has 2 fully saturated rings. The third kappa shape index (κ3) is 6.88. The second-order valence-corrected chi connectivity index (χ2v) is 11.1. The summed E-state index contributed by atoms with van der Waals surface area (Å²) in [7, 11) is -4.21. The lowest BCUT2D eigenvalue weighted by Crippen LogP contribution is -2.46. The first-order valence-corrected chi connectivity index (χ1v) is 14.5. The standard InChI is InChI=1S/C25H33FN3O10P/c1-4-17(22-34-13-14-35-22)28-40(33,39-16-9-7-6-8-10-16)36-15-18-21(38-20(31)5-2)25(3,26)23(37-18)29-12-11-19(30)27-24(29)32/h6-12,17-18,21-23H,4-5,13-15H2,1-3H3,(H,28,33)(H,27,30,32)/t17?,18-,21-,23-,25-,40?/m1/s1. The molecule has 13 nitrogen and oxygen atoms in total. The van der Waals surface area contributed by atoms with Crippen molar-refractivity contribution < 1.29 is 41.7 Å². The smallest absolute Gasteiger partial charge is 0.456 e. The van der Waals surface area contributed by atoms with Gasteiger partial charge >= 0.3 is 19.4 Å². The molecule has 220 valence electrons. The van der Waals surface area contributed by atoms with Crippen LogP contribution in [0.4, 0.5) is 4.39 Å². The molecule has 1 aromatic carbocycles. The lowest BCUT2D eigenvalue weighted by molar-refractivity contribution is -0.157. The Morgan fingerprint density at radius 1 is 1.23 bits per heavy atom. The van der Waals surface area contributed by atoms with E-state index in [-0.39, 0.29) is 12.2 Å². The van der Waals surface area contributed by atoms with Crippen molar-refractivity contribution >= 4 is 13.7 Å². The van der Waals surface area contributed by atoms with E-state index in [1.165, 1.54) is 6.92 Å². The zero-order valence-electron chi connectivity index (χ0n) is 22.3. The van der Waals surface area contributed by atoms with Crippen molar-refractivity contribution in [3.8, 4) is 5.75 Å². The lowest BCUT2D eigenvalue weighted by Gasteiger charge is -2.29. The number of carbonyl (C=O) groups excluding carboxylic acids is 1. The molecule has 2 N–H and O–H groups in total. The molecule has 6 atom stereocenters. The number of hydrogen-bond donors (Lipinski definition) is 2. The fourth-order valence-corrected chi connectivity index (χ4v) is 6.04. The highest BCUT2D eigenvalue weighted by Crippen LogP contribution is 2.48. The molecule has 40 heavy (non-hydrogen) atoms. The topological polar surface area (TPSA) is 156 Å². The Balaban J connectivity index is 1.61. The highest BCUT2D eigenvalue weighted by Gasteiger charge is 2.58. The Labute approximate surface area is 229 Å². The van der Waals surface area contributed by atoms with Crippen LogP contribution < -0.4 is 20.9 Å². The van der Waals surface area contributed by atoms with Gasteiger partial charge in [-0.05, 0) is 25.5 Å². The number of nitrogens with one attached hydrogen (secondary N) is 2. The molecule has 0 amide bonds. The van der Waals surface area contributed by atoms with Crippen molar-refractivity contribution in [1.82, 2.24) is 14.6 Å². The predicted octanol–water partition coefficient (Wildman–Crippen LogP) is 2.43. The maximum absolute atomic E-state index is 16.2. The van der Waals surface area contributed by atoms with Crippen molar-refractivity contribution in [3.63, 3.8) is 0 Å². The van der Waals surface area contributed by atoms with E-state index >= 15 is 4.39 Å². The average Bonchev–Trinajstić information content (AvgIpc) is 3.54. The minimum atomic E-state index is -4.21. The van der Waals surface area contributed by atoms with Crippen LogP contribution in [0, 0.1) is 0 Å². The summed E-state index contributed by atoms with van der Waals surface area (Å²) in [4.78, 5) is 38.2. The molecule has 0 saturated carbocycles. The number of carbonyl (C=O) groups is 1.